The number of nitrogens with one attached hydrogen (secondary N) is 2. The Morgan fingerprint density at radius 1 is 1.11 bits per heavy atom. The lowest BCUT2D eigenvalue weighted by molar-refractivity contribution is -0.134. The molecule has 4 rings (SSSR count). The Balaban J connectivity index is 0.00000225. The fourth-order valence-electron chi connectivity index (χ4n) is 5.21. The lowest BCUT2D eigenvalue weighted by atomic mass is 9.67. The van der Waals surface area contributed by atoms with Crippen LogP contribution in [-0.2, 0) is 4.79 Å². The van der Waals surface area contributed by atoms with E-state index in [0.717, 1.165) is 57.5 Å². The van der Waals surface area contributed by atoms with Crippen LogP contribution >= 0.6 is 12.4 Å². The van der Waals surface area contributed by atoms with Crippen molar-refractivity contribution in [3.05, 3.63) is 35.9 Å². The van der Waals surface area contributed by atoms with Gasteiger partial charge in [0, 0.05) is 31.7 Å². The fraction of sp³-hybridized carbons (Fsp3) is 0.636. The Labute approximate surface area is 174 Å². The molecule has 1 aliphatic carbocycles. The van der Waals surface area contributed by atoms with E-state index < -0.39 is 0 Å². The number of rotatable bonds is 4. The van der Waals surface area contributed by atoms with Crippen molar-refractivity contribution in [3.8, 4) is 0 Å². The summed E-state index contributed by atoms with van der Waals surface area (Å²) in [5.41, 5.74) is 0.600. The molecule has 1 aromatic rings. The van der Waals surface area contributed by atoms with Crippen LogP contribution in [0, 0.1) is 17.3 Å². The second-order valence-electron chi connectivity index (χ2n) is 8.54. The highest BCUT2D eigenvalue weighted by atomic mass is 35.5. The molecule has 0 radical (unpaired) electrons. The van der Waals surface area contributed by atoms with Gasteiger partial charge in [0.05, 0.1) is 5.41 Å². The average Bonchev–Trinajstić information content (AvgIpc) is 3.18. The summed E-state index contributed by atoms with van der Waals surface area (Å²) in [5.74, 6) is 1.37. The minimum atomic E-state index is -0.164. The first-order valence-corrected chi connectivity index (χ1v) is 10.5. The van der Waals surface area contributed by atoms with Crippen molar-refractivity contribution >= 4 is 24.2 Å². The van der Waals surface area contributed by atoms with Crippen LogP contribution in [0.15, 0.2) is 30.3 Å². The van der Waals surface area contributed by atoms with E-state index in [0.29, 0.717) is 11.8 Å². The molecule has 2 amide bonds. The van der Waals surface area contributed by atoms with Crippen LogP contribution in [0.4, 0.5) is 0 Å². The summed E-state index contributed by atoms with van der Waals surface area (Å²) in [6.07, 6.45) is 6.57. The van der Waals surface area contributed by atoms with Gasteiger partial charge in [0.2, 0.25) is 5.91 Å². The van der Waals surface area contributed by atoms with Crippen LogP contribution in [0.2, 0.25) is 0 Å². The van der Waals surface area contributed by atoms with E-state index in [1.54, 1.807) is 0 Å². The molecule has 2 atom stereocenters. The second-order valence-corrected chi connectivity index (χ2v) is 8.54. The standard InChI is InChI=1S/C22H31N3O2.ClH/c26-20(18-6-2-1-3-7-18)25-12-9-17(10-13-25)14-24-21(27)22-11-5-4-8-19(22)15-23-16-22;/h1-3,6-7,17,19,23H,4-5,8-16H2,(H,24,27);1H/t19-,22+;/m0./s1. The summed E-state index contributed by atoms with van der Waals surface area (Å²) >= 11 is 0. The third-order valence-corrected chi connectivity index (χ3v) is 6.96. The largest absolute Gasteiger partial charge is 0.355 e. The molecule has 2 N–H and O–H groups in total. The van der Waals surface area contributed by atoms with Gasteiger partial charge >= 0.3 is 0 Å². The highest BCUT2D eigenvalue weighted by Gasteiger charge is 2.49. The van der Waals surface area contributed by atoms with Crippen molar-refractivity contribution in [1.29, 1.82) is 0 Å². The minimum Gasteiger partial charge on any atom is -0.355 e. The lowest BCUT2D eigenvalue weighted by Crippen LogP contribution is -2.49. The van der Waals surface area contributed by atoms with Crippen molar-refractivity contribution in [2.24, 2.45) is 17.3 Å². The number of likely N-dealkylation sites (tertiary alicyclic amines) is 1. The third-order valence-electron chi connectivity index (χ3n) is 6.96. The maximum atomic E-state index is 13.0. The van der Waals surface area contributed by atoms with E-state index in [1.165, 1.54) is 19.3 Å². The number of benzene rings is 1. The summed E-state index contributed by atoms with van der Waals surface area (Å²) in [7, 11) is 0. The first-order chi connectivity index (χ1) is 13.2. The van der Waals surface area contributed by atoms with Crippen molar-refractivity contribution in [1.82, 2.24) is 15.5 Å². The molecule has 2 saturated heterocycles. The molecule has 3 fully saturated rings. The fourth-order valence-corrected chi connectivity index (χ4v) is 5.21. The highest BCUT2D eigenvalue weighted by Crippen LogP contribution is 2.43. The van der Waals surface area contributed by atoms with Gasteiger partial charge in [-0.2, -0.15) is 0 Å². The first-order valence-electron chi connectivity index (χ1n) is 10.5. The van der Waals surface area contributed by atoms with E-state index in [9.17, 15) is 9.59 Å². The first kappa shape index (κ1) is 21.1. The SMILES string of the molecule is Cl.O=C(c1ccccc1)N1CCC(CNC(=O)[C@@]23CCCC[C@H]2CNC3)CC1. The number of piperidine rings is 1. The van der Waals surface area contributed by atoms with E-state index in [2.05, 4.69) is 10.6 Å². The molecule has 5 nitrogen and oxygen atoms in total. The highest BCUT2D eigenvalue weighted by molar-refractivity contribution is 5.94. The zero-order valence-electron chi connectivity index (χ0n) is 16.5. The summed E-state index contributed by atoms with van der Waals surface area (Å²) in [4.78, 5) is 27.5. The molecule has 0 spiro atoms. The van der Waals surface area contributed by atoms with Crippen LogP contribution in [0.3, 0.4) is 0 Å². The summed E-state index contributed by atoms with van der Waals surface area (Å²) in [6.45, 7) is 4.15. The van der Waals surface area contributed by atoms with Gasteiger partial charge in [-0.05, 0) is 56.2 Å². The number of amides is 2. The van der Waals surface area contributed by atoms with Gasteiger partial charge in [-0.3, -0.25) is 9.59 Å². The van der Waals surface area contributed by atoms with Crippen LogP contribution in [0.1, 0.15) is 48.9 Å². The number of fused-ring (bicyclic) bond motifs is 1. The number of hydrogen-bond acceptors (Lipinski definition) is 3. The van der Waals surface area contributed by atoms with Gasteiger partial charge in [-0.15, -0.1) is 12.4 Å². The summed E-state index contributed by atoms with van der Waals surface area (Å²) in [6, 6.07) is 9.51. The molecule has 0 bridgehead atoms. The Hall–Kier alpha value is -1.59. The topological polar surface area (TPSA) is 61.4 Å². The van der Waals surface area contributed by atoms with Gasteiger partial charge in [0.15, 0.2) is 0 Å². The molecular weight excluding hydrogens is 374 g/mol. The van der Waals surface area contributed by atoms with Crippen molar-refractivity contribution in [2.75, 3.05) is 32.7 Å². The van der Waals surface area contributed by atoms with E-state index >= 15 is 0 Å². The van der Waals surface area contributed by atoms with Gasteiger partial charge in [0.25, 0.3) is 5.91 Å². The molecule has 6 heteroatoms. The molecule has 154 valence electrons. The molecule has 2 heterocycles. The molecular formula is C22H32ClN3O2. The quantitative estimate of drug-likeness (QED) is 0.809. The van der Waals surface area contributed by atoms with Gasteiger partial charge < -0.3 is 15.5 Å². The van der Waals surface area contributed by atoms with Crippen LogP contribution in [-0.4, -0.2) is 49.4 Å². The van der Waals surface area contributed by atoms with Crippen molar-refractivity contribution < 1.29 is 9.59 Å². The monoisotopic (exact) mass is 405 g/mol. The third kappa shape index (κ3) is 4.20. The number of halogens is 1. The lowest BCUT2D eigenvalue weighted by Gasteiger charge is -2.38. The molecule has 2 aliphatic heterocycles. The van der Waals surface area contributed by atoms with E-state index in [-0.39, 0.29) is 29.6 Å². The Bertz CT molecular complexity index is 676. The Morgan fingerprint density at radius 2 is 1.86 bits per heavy atom. The molecule has 0 aromatic heterocycles. The Kier molecular flexibility index (Phi) is 7.00. The predicted octanol–water partition coefficient (Wildman–Crippen LogP) is 2.86. The van der Waals surface area contributed by atoms with Crippen LogP contribution in [0.25, 0.3) is 0 Å². The number of carbonyl (C=O) groups is 2. The normalized spacial score (nSPS) is 27.6. The van der Waals surface area contributed by atoms with Crippen molar-refractivity contribution in [3.63, 3.8) is 0 Å². The maximum Gasteiger partial charge on any atom is 0.253 e. The summed E-state index contributed by atoms with van der Waals surface area (Å²) in [5, 5.41) is 6.73. The number of nitrogens with zero attached hydrogens (tertiary/aromatic N) is 1. The zero-order chi connectivity index (χ0) is 18.7. The number of hydrogen-bond donors (Lipinski definition) is 2. The molecule has 3 aliphatic rings. The molecule has 1 aromatic carbocycles. The van der Waals surface area contributed by atoms with E-state index in [4.69, 9.17) is 0 Å². The second kappa shape index (κ2) is 9.27. The number of carbonyl (C=O) groups excluding carboxylic acids is 2. The van der Waals surface area contributed by atoms with Crippen LogP contribution in [0.5, 0.6) is 0 Å². The Morgan fingerprint density at radius 3 is 2.61 bits per heavy atom. The van der Waals surface area contributed by atoms with Crippen LogP contribution < -0.4 is 10.6 Å². The predicted molar refractivity (Wildman–Crippen MR) is 113 cm³/mol. The average molecular weight is 406 g/mol. The molecule has 28 heavy (non-hydrogen) atoms. The van der Waals surface area contributed by atoms with Gasteiger partial charge in [-0.25, -0.2) is 0 Å². The molecule has 1 saturated carbocycles. The summed E-state index contributed by atoms with van der Waals surface area (Å²) < 4.78 is 0. The maximum absolute atomic E-state index is 13.0. The van der Waals surface area contributed by atoms with Gasteiger partial charge in [-0.1, -0.05) is 31.0 Å². The molecule has 0 unspecified atom stereocenters. The smallest absolute Gasteiger partial charge is 0.253 e. The van der Waals surface area contributed by atoms with Gasteiger partial charge in [0.1, 0.15) is 0 Å². The van der Waals surface area contributed by atoms with Crippen molar-refractivity contribution in [2.45, 2.75) is 38.5 Å². The minimum absolute atomic E-state index is 0. The van der Waals surface area contributed by atoms with E-state index in [1.807, 2.05) is 35.2 Å². The zero-order valence-corrected chi connectivity index (χ0v) is 17.3.